The lowest BCUT2D eigenvalue weighted by Gasteiger charge is -2.15. The lowest BCUT2D eigenvalue weighted by atomic mass is 10.1. The first-order valence-corrected chi connectivity index (χ1v) is 7.81. The number of benzene rings is 2. The van der Waals surface area contributed by atoms with Crippen molar-refractivity contribution in [3.63, 3.8) is 0 Å². The molecular weight excluding hydrogens is 356 g/mol. The maximum absolute atomic E-state index is 13.1. The third-order valence-electron chi connectivity index (χ3n) is 3.13. The van der Waals surface area contributed by atoms with Gasteiger partial charge in [0.25, 0.3) is 5.91 Å². The van der Waals surface area contributed by atoms with Crippen molar-refractivity contribution in [3.8, 4) is 0 Å². The predicted octanol–water partition coefficient (Wildman–Crippen LogP) is 4.25. The van der Waals surface area contributed by atoms with Gasteiger partial charge in [-0.1, -0.05) is 41.4 Å². The number of hydrogen-bond acceptors (Lipinski definition) is 3. The minimum absolute atomic E-state index is 0.137. The molecule has 2 aromatic rings. The molecule has 1 N–H and O–H groups in total. The number of halogens is 3. The van der Waals surface area contributed by atoms with Crippen molar-refractivity contribution in [1.29, 1.82) is 0 Å². The fourth-order valence-corrected chi connectivity index (χ4v) is 2.44. The minimum atomic E-state index is -1.06. The third-order valence-corrected chi connectivity index (χ3v) is 3.76. The number of rotatable bonds is 5. The number of anilines is 1. The topological polar surface area (TPSA) is 55.4 Å². The maximum atomic E-state index is 13.1. The van der Waals surface area contributed by atoms with Gasteiger partial charge in [-0.2, -0.15) is 0 Å². The summed E-state index contributed by atoms with van der Waals surface area (Å²) in [6.45, 7) is 1.42. The van der Waals surface area contributed by atoms with Crippen LogP contribution in [0.3, 0.4) is 0 Å². The van der Waals surface area contributed by atoms with Gasteiger partial charge in [-0.05, 0) is 36.8 Å². The van der Waals surface area contributed by atoms with Gasteiger partial charge in [0.2, 0.25) is 0 Å². The molecule has 0 bridgehead atoms. The van der Waals surface area contributed by atoms with E-state index in [4.69, 9.17) is 27.9 Å². The fraction of sp³-hybridized carbons (Fsp3) is 0.176. The molecule has 2 rings (SSSR count). The second-order valence-corrected chi connectivity index (χ2v) is 5.84. The van der Waals surface area contributed by atoms with Crippen LogP contribution in [0.25, 0.3) is 0 Å². The smallest absolute Gasteiger partial charge is 0.311 e. The van der Waals surface area contributed by atoms with E-state index < -0.39 is 23.8 Å². The van der Waals surface area contributed by atoms with Crippen LogP contribution in [0, 0.1) is 5.82 Å². The quantitative estimate of drug-likeness (QED) is 0.801. The number of para-hydroxylation sites is 1. The van der Waals surface area contributed by atoms with Crippen molar-refractivity contribution in [1.82, 2.24) is 0 Å². The van der Waals surface area contributed by atoms with Crippen LogP contribution in [0.15, 0.2) is 42.5 Å². The highest BCUT2D eigenvalue weighted by atomic mass is 35.5. The summed E-state index contributed by atoms with van der Waals surface area (Å²) in [4.78, 5) is 23.9. The van der Waals surface area contributed by atoms with E-state index in [2.05, 4.69) is 5.32 Å². The summed E-state index contributed by atoms with van der Waals surface area (Å²) in [6, 6.07) is 10.4. The predicted molar refractivity (Wildman–Crippen MR) is 90.7 cm³/mol. The van der Waals surface area contributed by atoms with Gasteiger partial charge in [-0.3, -0.25) is 9.59 Å². The van der Waals surface area contributed by atoms with Crippen molar-refractivity contribution >= 4 is 40.8 Å². The largest absolute Gasteiger partial charge is 0.452 e. The fourth-order valence-electron chi connectivity index (χ4n) is 1.95. The van der Waals surface area contributed by atoms with Crippen molar-refractivity contribution in [3.05, 3.63) is 63.9 Å². The van der Waals surface area contributed by atoms with E-state index in [1.54, 1.807) is 24.3 Å². The lowest BCUT2D eigenvalue weighted by Crippen LogP contribution is -2.30. The number of ether oxygens (including phenoxy) is 1. The Morgan fingerprint density at radius 3 is 2.42 bits per heavy atom. The SMILES string of the molecule is C[C@@H](OC(=O)Cc1cccc(F)c1)C(=O)Nc1c(Cl)cccc1Cl. The van der Waals surface area contributed by atoms with Crippen LogP contribution < -0.4 is 5.32 Å². The van der Waals surface area contributed by atoms with Gasteiger partial charge in [0.1, 0.15) is 5.82 Å². The van der Waals surface area contributed by atoms with E-state index in [0.29, 0.717) is 5.56 Å². The number of carbonyl (C=O) groups excluding carboxylic acids is 2. The highest BCUT2D eigenvalue weighted by molar-refractivity contribution is 6.39. The zero-order chi connectivity index (χ0) is 17.7. The van der Waals surface area contributed by atoms with Gasteiger partial charge in [0, 0.05) is 0 Å². The molecule has 0 unspecified atom stereocenters. The number of esters is 1. The zero-order valence-electron chi connectivity index (χ0n) is 12.7. The Morgan fingerprint density at radius 2 is 1.79 bits per heavy atom. The van der Waals surface area contributed by atoms with Crippen LogP contribution in [-0.4, -0.2) is 18.0 Å². The molecule has 0 aliphatic carbocycles. The molecule has 126 valence electrons. The highest BCUT2D eigenvalue weighted by Crippen LogP contribution is 2.29. The van der Waals surface area contributed by atoms with E-state index in [-0.39, 0.29) is 22.2 Å². The second kappa shape index (κ2) is 8.13. The Hall–Kier alpha value is -2.11. The van der Waals surface area contributed by atoms with Crippen LogP contribution >= 0.6 is 23.2 Å². The highest BCUT2D eigenvalue weighted by Gasteiger charge is 2.20. The molecule has 0 fully saturated rings. The summed E-state index contributed by atoms with van der Waals surface area (Å²) in [7, 11) is 0. The molecule has 0 aliphatic rings. The van der Waals surface area contributed by atoms with E-state index in [1.165, 1.54) is 25.1 Å². The molecule has 0 saturated carbocycles. The summed E-state index contributed by atoms with van der Waals surface area (Å²) >= 11 is 11.9. The number of hydrogen-bond donors (Lipinski definition) is 1. The molecule has 1 atom stereocenters. The Labute approximate surface area is 148 Å². The molecule has 1 amide bonds. The van der Waals surface area contributed by atoms with E-state index in [0.717, 1.165) is 0 Å². The Balaban J connectivity index is 1.95. The van der Waals surface area contributed by atoms with Crippen LogP contribution in [-0.2, 0) is 20.7 Å². The van der Waals surface area contributed by atoms with Gasteiger partial charge in [0.15, 0.2) is 6.10 Å². The molecule has 0 spiro atoms. The monoisotopic (exact) mass is 369 g/mol. The Kier molecular flexibility index (Phi) is 6.17. The molecule has 0 saturated heterocycles. The van der Waals surface area contributed by atoms with Gasteiger partial charge >= 0.3 is 5.97 Å². The first-order chi connectivity index (χ1) is 11.4. The van der Waals surface area contributed by atoms with Crippen molar-refractivity contribution < 1.29 is 18.7 Å². The molecule has 2 aromatic carbocycles. The number of nitrogens with one attached hydrogen (secondary N) is 1. The van der Waals surface area contributed by atoms with Crippen LogP contribution in [0.5, 0.6) is 0 Å². The standard InChI is InChI=1S/C17H14Cl2FNO3/c1-10(17(23)21-16-13(18)6-3-7-14(16)19)24-15(22)9-11-4-2-5-12(20)8-11/h2-8,10H,9H2,1H3,(H,21,23)/t10-/m1/s1. The first kappa shape index (κ1) is 18.2. The maximum Gasteiger partial charge on any atom is 0.311 e. The normalized spacial score (nSPS) is 11.7. The number of carbonyl (C=O) groups is 2. The Bertz CT molecular complexity index is 747. The average molecular weight is 370 g/mol. The molecule has 0 aromatic heterocycles. The molecule has 7 heteroatoms. The van der Waals surface area contributed by atoms with Crippen LogP contribution in [0.4, 0.5) is 10.1 Å². The van der Waals surface area contributed by atoms with Crippen molar-refractivity contribution in [2.24, 2.45) is 0 Å². The first-order valence-electron chi connectivity index (χ1n) is 7.05. The molecule has 0 aliphatic heterocycles. The van der Waals surface area contributed by atoms with Gasteiger partial charge in [-0.25, -0.2) is 4.39 Å². The average Bonchev–Trinajstić information content (AvgIpc) is 2.50. The summed E-state index contributed by atoms with van der Waals surface area (Å²) in [5.41, 5.74) is 0.709. The third kappa shape index (κ3) is 4.94. The molecule has 0 radical (unpaired) electrons. The second-order valence-electron chi connectivity index (χ2n) is 5.02. The molecular formula is C17H14Cl2FNO3. The van der Waals surface area contributed by atoms with Crippen molar-refractivity contribution in [2.45, 2.75) is 19.4 Å². The molecule has 4 nitrogen and oxygen atoms in total. The molecule has 0 heterocycles. The van der Waals surface area contributed by atoms with E-state index >= 15 is 0 Å². The number of amides is 1. The molecule has 24 heavy (non-hydrogen) atoms. The summed E-state index contributed by atoms with van der Waals surface area (Å²) in [5, 5.41) is 3.06. The van der Waals surface area contributed by atoms with Crippen LogP contribution in [0.1, 0.15) is 12.5 Å². The van der Waals surface area contributed by atoms with Gasteiger partial charge < -0.3 is 10.1 Å². The lowest BCUT2D eigenvalue weighted by molar-refractivity contribution is -0.152. The van der Waals surface area contributed by atoms with Gasteiger partial charge in [-0.15, -0.1) is 0 Å². The van der Waals surface area contributed by atoms with E-state index in [1.807, 2.05) is 0 Å². The Morgan fingerprint density at radius 1 is 1.17 bits per heavy atom. The zero-order valence-corrected chi connectivity index (χ0v) is 14.2. The van der Waals surface area contributed by atoms with Crippen molar-refractivity contribution in [2.75, 3.05) is 5.32 Å². The van der Waals surface area contributed by atoms with Gasteiger partial charge in [0.05, 0.1) is 22.2 Å². The van der Waals surface area contributed by atoms with Crippen LogP contribution in [0.2, 0.25) is 10.0 Å². The van der Waals surface area contributed by atoms with E-state index in [9.17, 15) is 14.0 Å². The summed E-state index contributed by atoms with van der Waals surface area (Å²) in [6.07, 6.45) is -1.19. The summed E-state index contributed by atoms with van der Waals surface area (Å²) in [5.74, 6) is -1.66. The summed E-state index contributed by atoms with van der Waals surface area (Å²) < 4.78 is 18.1. The minimum Gasteiger partial charge on any atom is -0.452 e.